The summed E-state index contributed by atoms with van der Waals surface area (Å²) in [6, 6.07) is 21.3. The Bertz CT molecular complexity index is 2110. The summed E-state index contributed by atoms with van der Waals surface area (Å²) >= 11 is 0. The van der Waals surface area contributed by atoms with Gasteiger partial charge in [0.1, 0.15) is 34.5 Å². The summed E-state index contributed by atoms with van der Waals surface area (Å²) in [6.45, 7) is 8.40. The second-order valence-electron chi connectivity index (χ2n) is 13.0. The largest absolute Gasteiger partial charge is 0.508 e. The second kappa shape index (κ2) is 25.2. The predicted octanol–water partition coefficient (Wildman–Crippen LogP) is 8.33. The zero-order valence-electron chi connectivity index (χ0n) is 33.2. The van der Waals surface area contributed by atoms with Gasteiger partial charge in [-0.2, -0.15) is 10.2 Å². The highest BCUT2D eigenvalue weighted by molar-refractivity contribution is 5.94. The standard InChI is InChI=1S/C46H48N2O12/c1-3-43(51)57-27-11-7-5-9-25-55-38-18-13-33(14-19-38)45(53)59-40-22-24-42(36(30-40)32-48-47-31-35-29-37(49)17-23-41(35)50)60-46(54)34-15-20-39(21-16-34)56-26-10-6-8-12-28-58-44(52)4-2/h3-4,13-24,29-32,49-50H,1-2,5-12,25-28H2/b47-31+,48-32+. The van der Waals surface area contributed by atoms with E-state index >= 15 is 0 Å². The van der Waals surface area contributed by atoms with Crippen molar-refractivity contribution in [2.75, 3.05) is 26.4 Å². The maximum atomic E-state index is 13.2. The van der Waals surface area contributed by atoms with Gasteiger partial charge >= 0.3 is 23.9 Å². The summed E-state index contributed by atoms with van der Waals surface area (Å²) in [7, 11) is 0. The zero-order chi connectivity index (χ0) is 43.0. The Balaban J connectivity index is 1.34. The van der Waals surface area contributed by atoms with Crippen LogP contribution in [0.5, 0.6) is 34.5 Å². The molecule has 314 valence electrons. The van der Waals surface area contributed by atoms with E-state index < -0.39 is 23.9 Å². The molecule has 0 aliphatic rings. The van der Waals surface area contributed by atoms with Gasteiger partial charge in [0.05, 0.1) is 50.0 Å². The van der Waals surface area contributed by atoms with Crippen molar-refractivity contribution < 1.29 is 57.8 Å². The highest BCUT2D eigenvalue weighted by atomic mass is 16.5. The molecular weight excluding hydrogens is 773 g/mol. The van der Waals surface area contributed by atoms with Crippen LogP contribution in [0.15, 0.2) is 120 Å². The number of esters is 4. The van der Waals surface area contributed by atoms with Crippen molar-refractivity contribution in [3.63, 3.8) is 0 Å². The van der Waals surface area contributed by atoms with Crippen LogP contribution < -0.4 is 18.9 Å². The fourth-order valence-electron chi connectivity index (χ4n) is 5.28. The highest BCUT2D eigenvalue weighted by Crippen LogP contribution is 2.26. The molecule has 0 aliphatic carbocycles. The van der Waals surface area contributed by atoms with Gasteiger partial charge in [-0.1, -0.05) is 13.2 Å². The minimum absolute atomic E-state index is 0.0740. The first-order chi connectivity index (χ1) is 29.1. The monoisotopic (exact) mass is 820 g/mol. The third-order valence-electron chi connectivity index (χ3n) is 8.48. The number of rotatable bonds is 25. The molecule has 4 aromatic rings. The lowest BCUT2D eigenvalue weighted by Crippen LogP contribution is -2.11. The number of hydrogen-bond donors (Lipinski definition) is 2. The number of carbonyl (C=O) groups is 4. The number of carbonyl (C=O) groups excluding carboxylic acids is 4. The van der Waals surface area contributed by atoms with Crippen LogP contribution in [0.3, 0.4) is 0 Å². The van der Waals surface area contributed by atoms with E-state index in [0.29, 0.717) is 37.9 Å². The number of nitrogens with zero attached hydrogens (tertiary/aromatic N) is 2. The molecule has 14 heteroatoms. The molecule has 0 aliphatic heterocycles. The maximum absolute atomic E-state index is 13.2. The van der Waals surface area contributed by atoms with Gasteiger partial charge in [-0.3, -0.25) is 0 Å². The van der Waals surface area contributed by atoms with E-state index in [1.165, 1.54) is 48.8 Å². The average Bonchev–Trinajstić information content (AvgIpc) is 3.26. The molecule has 0 heterocycles. The van der Waals surface area contributed by atoms with Gasteiger partial charge < -0.3 is 38.6 Å². The molecule has 14 nitrogen and oxygen atoms in total. The lowest BCUT2D eigenvalue weighted by atomic mass is 10.2. The number of phenols is 2. The van der Waals surface area contributed by atoms with Gasteiger partial charge in [0.15, 0.2) is 0 Å². The first kappa shape index (κ1) is 45.5. The molecule has 4 aromatic carbocycles. The van der Waals surface area contributed by atoms with Crippen molar-refractivity contribution in [3.05, 3.63) is 132 Å². The number of unbranched alkanes of at least 4 members (excludes halogenated alkanes) is 6. The summed E-state index contributed by atoms with van der Waals surface area (Å²) in [5.74, 6) is -0.964. The summed E-state index contributed by atoms with van der Waals surface area (Å²) in [6.07, 6.45) is 11.5. The van der Waals surface area contributed by atoms with E-state index in [2.05, 4.69) is 23.4 Å². The molecule has 0 radical (unpaired) electrons. The van der Waals surface area contributed by atoms with Crippen LogP contribution in [-0.2, 0) is 19.1 Å². The molecule has 0 atom stereocenters. The second-order valence-corrected chi connectivity index (χ2v) is 13.0. The SMILES string of the molecule is C=CC(=O)OCCCCCCOc1ccc(C(=O)Oc2ccc(OC(=O)c3ccc(OCCCCCCOC(=O)C=C)cc3)c(/C=N/N=C/c3cc(O)ccc3O)c2)cc1. The summed E-state index contributed by atoms with van der Waals surface area (Å²) < 4.78 is 32.9. The Morgan fingerprint density at radius 2 is 0.983 bits per heavy atom. The molecule has 4 rings (SSSR count). The molecule has 0 spiro atoms. The van der Waals surface area contributed by atoms with Gasteiger partial charge in [0.2, 0.25) is 0 Å². The molecule has 0 saturated heterocycles. The van der Waals surface area contributed by atoms with Gasteiger partial charge in [-0.05, 0) is 136 Å². The number of phenolic OH excluding ortho intramolecular Hbond substituents is 2. The molecule has 0 unspecified atom stereocenters. The van der Waals surface area contributed by atoms with E-state index in [4.69, 9.17) is 28.4 Å². The smallest absolute Gasteiger partial charge is 0.343 e. The van der Waals surface area contributed by atoms with Crippen LogP contribution in [0.2, 0.25) is 0 Å². The maximum Gasteiger partial charge on any atom is 0.343 e. The van der Waals surface area contributed by atoms with Crippen molar-refractivity contribution in [3.8, 4) is 34.5 Å². The third-order valence-corrected chi connectivity index (χ3v) is 8.48. The molecule has 0 fully saturated rings. The van der Waals surface area contributed by atoms with Crippen molar-refractivity contribution in [2.45, 2.75) is 51.4 Å². The van der Waals surface area contributed by atoms with Crippen LogP contribution in [0, 0.1) is 0 Å². The van der Waals surface area contributed by atoms with E-state index in [9.17, 15) is 29.4 Å². The van der Waals surface area contributed by atoms with Gasteiger partial charge in [-0.15, -0.1) is 0 Å². The Morgan fingerprint density at radius 3 is 1.50 bits per heavy atom. The van der Waals surface area contributed by atoms with E-state index in [1.807, 2.05) is 0 Å². The molecule has 0 bridgehead atoms. The Kier molecular flexibility index (Phi) is 19.1. The first-order valence-electron chi connectivity index (χ1n) is 19.4. The molecule has 0 aromatic heterocycles. The Hall–Kier alpha value is -7.22. The summed E-state index contributed by atoms with van der Waals surface area (Å²) in [5.41, 5.74) is 0.985. The quantitative estimate of drug-likeness (QED) is 0.0124. The molecule has 2 N–H and O–H groups in total. The van der Waals surface area contributed by atoms with E-state index in [0.717, 1.165) is 63.5 Å². The van der Waals surface area contributed by atoms with Crippen LogP contribution in [-0.4, -0.2) is 72.9 Å². The van der Waals surface area contributed by atoms with Crippen LogP contribution in [0.1, 0.15) is 83.2 Å². The highest BCUT2D eigenvalue weighted by Gasteiger charge is 2.15. The number of hydrogen-bond acceptors (Lipinski definition) is 14. The molecule has 0 saturated carbocycles. The van der Waals surface area contributed by atoms with Crippen molar-refractivity contribution >= 4 is 36.3 Å². The Morgan fingerprint density at radius 1 is 0.517 bits per heavy atom. The van der Waals surface area contributed by atoms with Crippen LogP contribution >= 0.6 is 0 Å². The molecule has 0 amide bonds. The van der Waals surface area contributed by atoms with E-state index in [1.54, 1.807) is 48.5 Å². The minimum Gasteiger partial charge on any atom is -0.508 e. The fraction of sp³-hybridized carbons (Fsp3) is 0.261. The number of aromatic hydroxyl groups is 2. The van der Waals surface area contributed by atoms with Gasteiger partial charge in [0.25, 0.3) is 0 Å². The van der Waals surface area contributed by atoms with Crippen molar-refractivity contribution in [1.82, 2.24) is 0 Å². The lowest BCUT2D eigenvalue weighted by molar-refractivity contribution is -0.138. The number of benzene rings is 4. The predicted molar refractivity (Wildman–Crippen MR) is 224 cm³/mol. The first-order valence-corrected chi connectivity index (χ1v) is 19.4. The normalized spacial score (nSPS) is 10.9. The fourth-order valence-corrected chi connectivity index (χ4v) is 5.28. The summed E-state index contributed by atoms with van der Waals surface area (Å²) in [5, 5.41) is 27.8. The summed E-state index contributed by atoms with van der Waals surface area (Å²) in [4.78, 5) is 48.5. The van der Waals surface area contributed by atoms with Gasteiger partial charge in [0, 0.05) is 23.3 Å². The van der Waals surface area contributed by atoms with Crippen LogP contribution in [0.4, 0.5) is 0 Å². The minimum atomic E-state index is -0.667. The Labute approximate surface area is 348 Å². The van der Waals surface area contributed by atoms with Crippen molar-refractivity contribution in [2.24, 2.45) is 10.2 Å². The zero-order valence-corrected chi connectivity index (χ0v) is 33.2. The lowest BCUT2D eigenvalue weighted by Gasteiger charge is -2.11. The van der Waals surface area contributed by atoms with E-state index in [-0.39, 0.29) is 45.3 Å². The van der Waals surface area contributed by atoms with Crippen LogP contribution in [0.25, 0.3) is 0 Å². The third kappa shape index (κ3) is 16.3. The topological polar surface area (TPSA) is 189 Å². The average molecular weight is 821 g/mol. The van der Waals surface area contributed by atoms with Gasteiger partial charge in [-0.25, -0.2) is 19.2 Å². The number of ether oxygens (including phenoxy) is 6. The molecular formula is C46H48N2O12. The van der Waals surface area contributed by atoms with Crippen molar-refractivity contribution in [1.29, 1.82) is 0 Å². The molecule has 60 heavy (non-hydrogen) atoms.